The number of para-hydroxylation sites is 1. The molecule has 0 radical (unpaired) electrons. The number of benzene rings is 2. The SMILES string of the molecule is COc1cc(C(CC2OCCCO2)N[S@@](=O)C(C)(C)C)c(C(F)(F)F)c(C)c1C(=O)Oc1ccccc1. The number of nitrogens with one attached hydrogen (secondary N) is 1. The van der Waals surface area contributed by atoms with Crippen molar-refractivity contribution in [2.45, 2.75) is 63.8 Å². The van der Waals surface area contributed by atoms with Crippen LogP contribution in [0.2, 0.25) is 0 Å². The van der Waals surface area contributed by atoms with Crippen molar-refractivity contribution < 1.29 is 41.1 Å². The summed E-state index contributed by atoms with van der Waals surface area (Å²) >= 11 is 0. The molecule has 3 rings (SSSR count). The number of carbonyl (C=O) groups excluding carboxylic acids is 1. The van der Waals surface area contributed by atoms with E-state index in [4.69, 9.17) is 18.9 Å². The van der Waals surface area contributed by atoms with Gasteiger partial charge in [-0.05, 0) is 63.4 Å². The van der Waals surface area contributed by atoms with Gasteiger partial charge in [-0.25, -0.2) is 13.7 Å². The van der Waals surface area contributed by atoms with Gasteiger partial charge in [-0.3, -0.25) is 0 Å². The third-order valence-corrected chi connectivity index (χ3v) is 7.35. The molecule has 0 aliphatic carbocycles. The highest BCUT2D eigenvalue weighted by Gasteiger charge is 2.41. The van der Waals surface area contributed by atoms with Crippen molar-refractivity contribution in [3.8, 4) is 11.5 Å². The first kappa shape index (κ1) is 29.1. The molecule has 1 aliphatic rings. The summed E-state index contributed by atoms with van der Waals surface area (Å²) in [7, 11) is -0.466. The van der Waals surface area contributed by atoms with Crippen LogP contribution in [0.25, 0.3) is 0 Å². The first-order valence-corrected chi connectivity index (χ1v) is 12.9. The second kappa shape index (κ2) is 11.9. The van der Waals surface area contributed by atoms with Gasteiger partial charge in [-0.1, -0.05) is 18.2 Å². The number of methoxy groups -OCH3 is 1. The standard InChI is InChI=1S/C26H32F3NO6S/c1-16-22(24(31)36-17-10-7-6-8-11-17)20(33-5)14-18(23(16)26(27,28)29)19(30-37(32)25(2,3)4)15-21-34-12-9-13-35-21/h6-8,10-11,14,19,21,30H,9,12-13,15H2,1-5H3/t19?,37-/m0/s1. The monoisotopic (exact) mass is 543 g/mol. The van der Waals surface area contributed by atoms with Crippen molar-refractivity contribution >= 4 is 17.0 Å². The molecule has 37 heavy (non-hydrogen) atoms. The molecule has 1 aliphatic heterocycles. The molecular formula is C26H32F3NO6S. The maximum atomic E-state index is 14.6. The number of esters is 1. The van der Waals surface area contributed by atoms with Crippen LogP contribution in [-0.2, 0) is 26.6 Å². The van der Waals surface area contributed by atoms with Crippen LogP contribution in [0.5, 0.6) is 11.5 Å². The lowest BCUT2D eigenvalue weighted by molar-refractivity contribution is -0.184. The second-order valence-corrected chi connectivity index (χ2v) is 11.6. The van der Waals surface area contributed by atoms with Gasteiger partial charge in [0.1, 0.15) is 17.1 Å². The van der Waals surface area contributed by atoms with Gasteiger partial charge < -0.3 is 18.9 Å². The van der Waals surface area contributed by atoms with Crippen molar-refractivity contribution in [1.29, 1.82) is 0 Å². The van der Waals surface area contributed by atoms with Crippen LogP contribution in [-0.4, -0.2) is 41.5 Å². The molecule has 0 saturated carbocycles. The van der Waals surface area contributed by atoms with Crippen LogP contribution in [0.15, 0.2) is 36.4 Å². The molecular weight excluding hydrogens is 511 g/mol. The molecule has 204 valence electrons. The van der Waals surface area contributed by atoms with Crippen molar-refractivity contribution in [3.63, 3.8) is 0 Å². The molecule has 0 aromatic heterocycles. The van der Waals surface area contributed by atoms with Gasteiger partial charge in [-0.15, -0.1) is 0 Å². The van der Waals surface area contributed by atoms with Crippen LogP contribution >= 0.6 is 0 Å². The van der Waals surface area contributed by atoms with Crippen LogP contribution in [0.4, 0.5) is 13.2 Å². The molecule has 1 heterocycles. The molecule has 2 aromatic rings. The number of hydrogen-bond donors (Lipinski definition) is 1. The highest BCUT2D eigenvalue weighted by Crippen LogP contribution is 2.43. The molecule has 0 bridgehead atoms. The van der Waals surface area contributed by atoms with Crippen LogP contribution in [0.1, 0.15) is 66.7 Å². The zero-order valence-electron chi connectivity index (χ0n) is 21.4. The Kier molecular flexibility index (Phi) is 9.38. The molecule has 0 amide bonds. The van der Waals surface area contributed by atoms with Gasteiger partial charge >= 0.3 is 12.1 Å². The van der Waals surface area contributed by atoms with Crippen LogP contribution in [0, 0.1) is 6.92 Å². The van der Waals surface area contributed by atoms with E-state index in [-0.39, 0.29) is 34.6 Å². The lowest BCUT2D eigenvalue weighted by atomic mass is 9.90. The van der Waals surface area contributed by atoms with Crippen molar-refractivity contribution in [1.82, 2.24) is 4.72 Å². The Labute approximate surface area is 217 Å². The third kappa shape index (κ3) is 7.31. The Morgan fingerprint density at radius 1 is 1.16 bits per heavy atom. The summed E-state index contributed by atoms with van der Waals surface area (Å²) < 4.78 is 80.7. The average Bonchev–Trinajstić information content (AvgIpc) is 2.82. The molecule has 2 aromatic carbocycles. The van der Waals surface area contributed by atoms with Gasteiger partial charge in [0.2, 0.25) is 0 Å². The summed E-state index contributed by atoms with van der Waals surface area (Å²) in [5.41, 5.74) is -1.97. The van der Waals surface area contributed by atoms with E-state index >= 15 is 0 Å². The minimum absolute atomic E-state index is 0.0404. The summed E-state index contributed by atoms with van der Waals surface area (Å²) in [4.78, 5) is 13.0. The minimum atomic E-state index is -4.84. The summed E-state index contributed by atoms with van der Waals surface area (Å²) in [5, 5.41) is 0. The molecule has 0 spiro atoms. The van der Waals surface area contributed by atoms with E-state index in [0.29, 0.717) is 19.6 Å². The Hall–Kier alpha value is -2.47. The fraction of sp³-hybridized carbons (Fsp3) is 0.500. The Morgan fingerprint density at radius 3 is 2.32 bits per heavy atom. The quantitative estimate of drug-likeness (QED) is 0.350. The molecule has 1 saturated heterocycles. The second-order valence-electron chi connectivity index (χ2n) is 9.56. The first-order chi connectivity index (χ1) is 17.3. The fourth-order valence-electron chi connectivity index (χ4n) is 3.93. The number of hydrogen-bond acceptors (Lipinski definition) is 6. The normalized spacial score (nSPS) is 16.8. The lowest BCUT2D eigenvalue weighted by Crippen LogP contribution is -2.39. The van der Waals surface area contributed by atoms with Crippen molar-refractivity contribution in [2.75, 3.05) is 20.3 Å². The predicted molar refractivity (Wildman–Crippen MR) is 133 cm³/mol. The average molecular weight is 544 g/mol. The Bertz CT molecular complexity index is 1110. The fourth-order valence-corrected chi connectivity index (χ4v) is 4.77. The number of carbonyl (C=O) groups is 1. The highest BCUT2D eigenvalue weighted by molar-refractivity contribution is 7.84. The zero-order chi connectivity index (χ0) is 27.4. The highest BCUT2D eigenvalue weighted by atomic mass is 32.2. The molecule has 2 atom stereocenters. The van der Waals surface area contributed by atoms with Gasteiger partial charge in [0, 0.05) is 12.5 Å². The summed E-state index contributed by atoms with van der Waals surface area (Å²) in [6, 6.07) is 8.09. The zero-order valence-corrected chi connectivity index (χ0v) is 22.3. The predicted octanol–water partition coefficient (Wildman–Crippen LogP) is 5.49. The Balaban J connectivity index is 2.14. The van der Waals surface area contributed by atoms with Crippen molar-refractivity contribution in [3.05, 3.63) is 58.7 Å². The maximum Gasteiger partial charge on any atom is 0.417 e. The Morgan fingerprint density at radius 2 is 1.78 bits per heavy atom. The van der Waals surface area contributed by atoms with Gasteiger partial charge in [0.25, 0.3) is 0 Å². The van der Waals surface area contributed by atoms with Crippen LogP contribution < -0.4 is 14.2 Å². The molecule has 11 heteroatoms. The smallest absolute Gasteiger partial charge is 0.417 e. The number of rotatable bonds is 8. The largest absolute Gasteiger partial charge is 0.496 e. The number of alkyl halides is 3. The van der Waals surface area contributed by atoms with E-state index in [1.807, 2.05) is 0 Å². The third-order valence-electron chi connectivity index (χ3n) is 5.74. The van der Waals surface area contributed by atoms with Gasteiger partial charge in [0.15, 0.2) is 6.29 Å². The maximum absolute atomic E-state index is 14.6. The summed E-state index contributed by atoms with van der Waals surface area (Å²) in [5.74, 6) is -0.905. The van der Waals surface area contributed by atoms with Gasteiger partial charge in [0.05, 0.1) is 41.6 Å². The van der Waals surface area contributed by atoms with E-state index in [0.717, 1.165) is 6.07 Å². The van der Waals surface area contributed by atoms with E-state index in [2.05, 4.69) is 4.72 Å². The summed E-state index contributed by atoms with van der Waals surface area (Å²) in [6.45, 7) is 7.12. The molecule has 1 fully saturated rings. The minimum Gasteiger partial charge on any atom is -0.496 e. The molecule has 7 nitrogen and oxygen atoms in total. The number of ether oxygens (including phenoxy) is 4. The van der Waals surface area contributed by atoms with E-state index in [1.165, 1.54) is 26.2 Å². The van der Waals surface area contributed by atoms with E-state index in [9.17, 15) is 22.2 Å². The van der Waals surface area contributed by atoms with Gasteiger partial charge in [-0.2, -0.15) is 13.2 Å². The molecule has 1 N–H and O–H groups in total. The lowest BCUT2D eigenvalue weighted by Gasteiger charge is -2.32. The van der Waals surface area contributed by atoms with E-state index < -0.39 is 45.8 Å². The topological polar surface area (TPSA) is 83.1 Å². The number of halogens is 3. The summed E-state index contributed by atoms with van der Waals surface area (Å²) in [6.07, 6.45) is -5.01. The van der Waals surface area contributed by atoms with E-state index in [1.54, 1.807) is 39.0 Å². The van der Waals surface area contributed by atoms with Crippen LogP contribution in [0.3, 0.4) is 0 Å². The molecule has 1 unspecified atom stereocenters. The van der Waals surface area contributed by atoms with Crippen molar-refractivity contribution in [2.24, 2.45) is 0 Å². The first-order valence-electron chi connectivity index (χ1n) is 11.8.